The third kappa shape index (κ3) is 1.89. The summed E-state index contributed by atoms with van der Waals surface area (Å²) in [6.45, 7) is 1.84. The van der Waals surface area contributed by atoms with Crippen LogP contribution in [0.1, 0.15) is 26.2 Å². The van der Waals surface area contributed by atoms with E-state index in [1.54, 1.807) is 0 Å². The Morgan fingerprint density at radius 1 is 1.45 bits per heavy atom. The van der Waals surface area contributed by atoms with Crippen LogP contribution in [-0.2, 0) is 15.1 Å². The minimum Gasteiger partial charge on any atom is -0.299 e. The molecule has 0 N–H and O–H groups in total. The monoisotopic (exact) mass is 174 g/mol. The molecule has 1 atom stereocenters. The van der Waals surface area contributed by atoms with Gasteiger partial charge < -0.3 is 0 Å². The molecule has 3 nitrogen and oxygen atoms in total. The van der Waals surface area contributed by atoms with Crippen molar-refractivity contribution in [2.45, 2.75) is 26.2 Å². The molecule has 0 radical (unpaired) electrons. The van der Waals surface area contributed by atoms with Crippen LogP contribution in [0.15, 0.2) is 0 Å². The summed E-state index contributed by atoms with van der Waals surface area (Å²) >= 11 is 0. The van der Waals surface area contributed by atoms with Crippen LogP contribution >= 0.6 is 0 Å². The third-order valence-electron chi connectivity index (χ3n) is 1.99. The fourth-order valence-corrected chi connectivity index (χ4v) is 1.94. The maximum Gasteiger partial charge on any atom is 0.213 e. The van der Waals surface area contributed by atoms with Crippen LogP contribution in [0.5, 0.6) is 0 Å². The number of hydrogen-bond donors (Lipinski definition) is 0. The molecule has 4 heteroatoms. The number of Topliss-reactive ketones (excluding diaryl/α,β-unsaturated/α-hetero) is 1. The maximum absolute atomic E-state index is 10.8. The fourth-order valence-electron chi connectivity index (χ4n) is 1.22. The molecule has 0 amide bonds. The fraction of sp³-hybridized carbons (Fsp3) is 0.714. The third-order valence-corrected chi connectivity index (χ3v) is 2.97. The van der Waals surface area contributed by atoms with Gasteiger partial charge in [-0.25, -0.2) is 0 Å². The Labute approximate surface area is 66.9 Å². The zero-order valence-electron chi connectivity index (χ0n) is 6.33. The van der Waals surface area contributed by atoms with Gasteiger partial charge in [-0.1, -0.05) is 6.92 Å². The molecule has 1 saturated carbocycles. The summed E-state index contributed by atoms with van der Waals surface area (Å²) in [4.78, 5) is 11.2. The van der Waals surface area contributed by atoms with Crippen molar-refractivity contribution < 1.29 is 13.2 Å². The van der Waals surface area contributed by atoms with E-state index < -0.39 is 10.3 Å². The molecule has 0 aromatic rings. The quantitative estimate of drug-likeness (QED) is 0.500. The van der Waals surface area contributed by atoms with Crippen molar-refractivity contribution in [1.29, 1.82) is 0 Å². The lowest BCUT2D eigenvalue weighted by atomic mass is 9.90. The topological polar surface area (TPSA) is 51.2 Å². The van der Waals surface area contributed by atoms with Gasteiger partial charge in [-0.15, -0.1) is 0 Å². The lowest BCUT2D eigenvalue weighted by Crippen LogP contribution is -2.23. The summed E-state index contributed by atoms with van der Waals surface area (Å²) in [6, 6.07) is 0. The summed E-state index contributed by atoms with van der Waals surface area (Å²) in [7, 11) is -2.16. The van der Waals surface area contributed by atoms with Crippen molar-refractivity contribution in [2.24, 2.45) is 5.92 Å². The molecule has 1 aliphatic rings. The van der Waals surface area contributed by atoms with Gasteiger partial charge in [0.1, 0.15) is 5.78 Å². The molecule has 0 heterocycles. The molecular weight excluding hydrogens is 164 g/mol. The first kappa shape index (κ1) is 8.46. The first-order valence-corrected chi connectivity index (χ1v) is 4.65. The maximum atomic E-state index is 10.8. The van der Waals surface area contributed by atoms with Crippen LogP contribution in [0.3, 0.4) is 0 Å². The van der Waals surface area contributed by atoms with Gasteiger partial charge in [-0.05, 0) is 12.3 Å². The lowest BCUT2D eigenvalue weighted by Gasteiger charge is -2.16. The minimum absolute atomic E-state index is 0.0438. The number of rotatable bonds is 0. The molecule has 0 aliphatic heterocycles. The van der Waals surface area contributed by atoms with Gasteiger partial charge in [-0.3, -0.25) is 4.79 Å². The van der Waals surface area contributed by atoms with Gasteiger partial charge in [0.15, 0.2) is 0 Å². The van der Waals surface area contributed by atoms with E-state index in [-0.39, 0.29) is 18.1 Å². The van der Waals surface area contributed by atoms with E-state index in [1.165, 1.54) is 0 Å². The van der Waals surface area contributed by atoms with Crippen molar-refractivity contribution >= 4 is 20.9 Å². The highest BCUT2D eigenvalue weighted by molar-refractivity contribution is 7.73. The molecule has 0 spiro atoms. The van der Waals surface area contributed by atoms with Crippen molar-refractivity contribution in [3.8, 4) is 0 Å². The molecular formula is C7H10O3S. The van der Waals surface area contributed by atoms with Gasteiger partial charge >= 0.3 is 0 Å². The average Bonchev–Trinajstić information content (AvgIpc) is 1.94. The summed E-state index contributed by atoms with van der Waals surface area (Å²) in [6.07, 6.45) is 1.35. The van der Waals surface area contributed by atoms with Crippen LogP contribution in [-0.4, -0.2) is 19.1 Å². The summed E-state index contributed by atoms with van der Waals surface area (Å²) in [5.41, 5.74) is 0. The molecule has 11 heavy (non-hydrogen) atoms. The Bertz CT molecular complexity index is 292. The Kier molecular flexibility index (Phi) is 2.44. The average molecular weight is 174 g/mol. The Balaban J connectivity index is 2.96. The first-order valence-electron chi connectivity index (χ1n) is 3.58. The predicted molar refractivity (Wildman–Crippen MR) is 41.9 cm³/mol. The second-order valence-electron chi connectivity index (χ2n) is 2.86. The molecule has 0 bridgehead atoms. The van der Waals surface area contributed by atoms with Gasteiger partial charge in [0.05, 0.1) is 4.86 Å². The predicted octanol–water partition coefficient (Wildman–Crippen LogP) is 0.427. The molecule has 1 fully saturated rings. The summed E-state index contributed by atoms with van der Waals surface area (Å²) < 4.78 is 21.0. The molecule has 1 unspecified atom stereocenters. The van der Waals surface area contributed by atoms with Crippen LogP contribution in [0.2, 0.25) is 0 Å². The molecule has 1 rings (SSSR count). The first-order chi connectivity index (χ1) is 5.11. The van der Waals surface area contributed by atoms with E-state index in [0.29, 0.717) is 17.7 Å². The van der Waals surface area contributed by atoms with Crippen molar-refractivity contribution in [3.05, 3.63) is 0 Å². The van der Waals surface area contributed by atoms with Crippen LogP contribution in [0.4, 0.5) is 0 Å². The molecule has 62 valence electrons. The lowest BCUT2D eigenvalue weighted by molar-refractivity contribution is -0.118. The Morgan fingerprint density at radius 2 is 2.09 bits per heavy atom. The normalized spacial score (nSPS) is 25.4. The SMILES string of the molecule is CC1CCC(=O)CC1=S(=O)=O. The van der Waals surface area contributed by atoms with E-state index in [9.17, 15) is 13.2 Å². The number of hydrogen-bond acceptors (Lipinski definition) is 3. The van der Waals surface area contributed by atoms with Crippen LogP contribution in [0.25, 0.3) is 0 Å². The van der Waals surface area contributed by atoms with Crippen molar-refractivity contribution in [1.82, 2.24) is 0 Å². The van der Waals surface area contributed by atoms with E-state index >= 15 is 0 Å². The van der Waals surface area contributed by atoms with Gasteiger partial charge in [0.25, 0.3) is 0 Å². The molecule has 0 aromatic carbocycles. The summed E-state index contributed by atoms with van der Waals surface area (Å²) in [5, 5.41) is 0. The van der Waals surface area contributed by atoms with E-state index in [0.717, 1.165) is 0 Å². The highest BCUT2D eigenvalue weighted by Gasteiger charge is 2.22. The smallest absolute Gasteiger partial charge is 0.213 e. The number of ketones is 1. The van der Waals surface area contributed by atoms with Gasteiger partial charge in [0.2, 0.25) is 10.3 Å². The highest BCUT2D eigenvalue weighted by Crippen LogP contribution is 2.17. The van der Waals surface area contributed by atoms with Crippen molar-refractivity contribution in [2.75, 3.05) is 0 Å². The second kappa shape index (κ2) is 3.17. The van der Waals surface area contributed by atoms with Crippen LogP contribution < -0.4 is 0 Å². The standard InChI is InChI=1S/C7H10O3S/c1-5-2-3-6(8)4-7(5)11(9)10/h5H,2-4H2,1H3. The van der Waals surface area contributed by atoms with Gasteiger partial charge in [-0.2, -0.15) is 8.42 Å². The Hall–Kier alpha value is -0.640. The van der Waals surface area contributed by atoms with E-state index in [1.807, 2.05) is 6.92 Å². The number of carbonyl (C=O) groups is 1. The number of carbonyl (C=O) groups excluding carboxylic acids is 1. The Morgan fingerprint density at radius 3 is 2.55 bits per heavy atom. The zero-order valence-corrected chi connectivity index (χ0v) is 7.15. The van der Waals surface area contributed by atoms with Gasteiger partial charge in [0, 0.05) is 12.8 Å². The minimum atomic E-state index is -2.16. The largest absolute Gasteiger partial charge is 0.299 e. The zero-order chi connectivity index (χ0) is 8.43. The summed E-state index contributed by atoms with van der Waals surface area (Å²) in [5.74, 6) is 0.105. The van der Waals surface area contributed by atoms with E-state index in [4.69, 9.17) is 0 Å². The van der Waals surface area contributed by atoms with Crippen molar-refractivity contribution in [3.63, 3.8) is 0 Å². The molecule has 0 aromatic heterocycles. The molecule has 0 saturated heterocycles. The highest BCUT2D eigenvalue weighted by atomic mass is 32.2. The molecule has 1 aliphatic carbocycles. The van der Waals surface area contributed by atoms with E-state index in [2.05, 4.69) is 0 Å². The van der Waals surface area contributed by atoms with Crippen LogP contribution in [0, 0.1) is 5.92 Å². The second-order valence-corrected chi connectivity index (χ2v) is 3.85.